The Morgan fingerprint density at radius 2 is 2.14 bits per heavy atom. The molecule has 0 atom stereocenters. The van der Waals surface area contributed by atoms with Crippen LogP contribution in [0.3, 0.4) is 0 Å². The van der Waals surface area contributed by atoms with Gasteiger partial charge in [0, 0.05) is 24.3 Å². The predicted octanol–water partition coefficient (Wildman–Crippen LogP) is 2.79. The van der Waals surface area contributed by atoms with Gasteiger partial charge in [-0.1, -0.05) is 19.0 Å². The van der Waals surface area contributed by atoms with Crippen LogP contribution < -0.4 is 10.6 Å². The summed E-state index contributed by atoms with van der Waals surface area (Å²) in [5, 5.41) is 11.5. The molecule has 10 heteroatoms. The van der Waals surface area contributed by atoms with Gasteiger partial charge in [0.25, 0.3) is 5.91 Å². The molecular weight excluding hydrogens is 382 g/mol. The maximum absolute atomic E-state index is 12.0. The second-order valence-corrected chi connectivity index (χ2v) is 7.26. The monoisotopic (exact) mass is 403 g/mol. The highest BCUT2D eigenvalue weighted by Gasteiger charge is 2.13. The Balaban J connectivity index is 1.37. The lowest BCUT2D eigenvalue weighted by atomic mass is 10.2. The largest absolute Gasteiger partial charge is 0.459 e. The summed E-state index contributed by atoms with van der Waals surface area (Å²) in [7, 11) is 0. The lowest BCUT2D eigenvalue weighted by Gasteiger charge is -2.02. The Morgan fingerprint density at radius 3 is 2.86 bits per heavy atom. The zero-order valence-electron chi connectivity index (χ0n) is 15.6. The number of hydrogen-bond donors (Lipinski definition) is 2. The van der Waals surface area contributed by atoms with Crippen LogP contribution >= 0.6 is 11.3 Å². The molecule has 0 saturated carbocycles. The molecule has 0 saturated heterocycles. The van der Waals surface area contributed by atoms with E-state index in [1.165, 1.54) is 17.6 Å². The van der Waals surface area contributed by atoms with E-state index in [0.717, 1.165) is 0 Å². The van der Waals surface area contributed by atoms with E-state index in [4.69, 9.17) is 8.94 Å². The Hall–Kier alpha value is -3.01. The zero-order valence-corrected chi connectivity index (χ0v) is 16.4. The molecule has 0 aliphatic carbocycles. The van der Waals surface area contributed by atoms with Crippen molar-refractivity contribution in [2.45, 2.75) is 39.0 Å². The minimum Gasteiger partial charge on any atom is -0.459 e. The summed E-state index contributed by atoms with van der Waals surface area (Å²) >= 11 is 1.25. The molecule has 0 unspecified atom stereocenters. The normalized spacial score (nSPS) is 11.0. The Kier molecular flexibility index (Phi) is 6.53. The van der Waals surface area contributed by atoms with E-state index >= 15 is 0 Å². The van der Waals surface area contributed by atoms with E-state index < -0.39 is 0 Å². The number of aromatic nitrogens is 3. The van der Waals surface area contributed by atoms with E-state index in [0.29, 0.717) is 41.9 Å². The minimum absolute atomic E-state index is 0.136. The number of furan rings is 1. The Bertz CT molecular complexity index is 916. The third-order valence-corrected chi connectivity index (χ3v) is 4.56. The number of carbonyl (C=O) groups is 2. The third kappa shape index (κ3) is 5.49. The van der Waals surface area contributed by atoms with Gasteiger partial charge in [0.2, 0.25) is 11.8 Å². The van der Waals surface area contributed by atoms with Crippen molar-refractivity contribution in [1.82, 2.24) is 20.4 Å². The highest BCUT2D eigenvalue weighted by atomic mass is 32.1. The molecule has 3 rings (SSSR count). The van der Waals surface area contributed by atoms with E-state index in [-0.39, 0.29) is 29.9 Å². The number of nitrogens with one attached hydrogen (secondary N) is 2. The Labute approximate surface area is 165 Å². The summed E-state index contributed by atoms with van der Waals surface area (Å²) in [5.41, 5.74) is 0.593. The van der Waals surface area contributed by atoms with Crippen LogP contribution in [0, 0.1) is 0 Å². The van der Waals surface area contributed by atoms with Crippen molar-refractivity contribution in [3.63, 3.8) is 0 Å². The van der Waals surface area contributed by atoms with Gasteiger partial charge in [-0.05, 0) is 18.6 Å². The van der Waals surface area contributed by atoms with Gasteiger partial charge in [-0.2, -0.15) is 4.98 Å². The van der Waals surface area contributed by atoms with Gasteiger partial charge < -0.3 is 14.3 Å². The maximum atomic E-state index is 12.0. The number of nitrogens with zero attached hydrogens (tertiary/aromatic N) is 3. The van der Waals surface area contributed by atoms with E-state index in [1.54, 1.807) is 17.5 Å². The van der Waals surface area contributed by atoms with Gasteiger partial charge in [0.15, 0.2) is 16.7 Å². The standard InChI is InChI=1S/C18H21N5O4S/c1-11(2)16-21-15(27-23-16)6-3-7-19-14(24)9-12-10-28-18(20-12)22-17(25)13-5-4-8-26-13/h4-5,8,10-11H,3,6-7,9H2,1-2H3,(H,19,24)(H,20,22,25). The molecule has 28 heavy (non-hydrogen) atoms. The van der Waals surface area contributed by atoms with Crippen molar-refractivity contribution < 1.29 is 18.5 Å². The maximum Gasteiger partial charge on any atom is 0.293 e. The number of carbonyl (C=O) groups excluding carboxylic acids is 2. The third-order valence-electron chi connectivity index (χ3n) is 3.75. The number of aryl methyl sites for hydroxylation is 1. The number of thiazole rings is 1. The fraction of sp³-hybridized carbons (Fsp3) is 0.389. The fourth-order valence-electron chi connectivity index (χ4n) is 2.31. The topological polar surface area (TPSA) is 123 Å². The van der Waals surface area contributed by atoms with E-state index in [9.17, 15) is 9.59 Å². The first-order chi connectivity index (χ1) is 13.5. The van der Waals surface area contributed by atoms with Crippen molar-refractivity contribution in [3.8, 4) is 0 Å². The second kappa shape index (κ2) is 9.27. The van der Waals surface area contributed by atoms with Crippen LogP contribution in [-0.4, -0.2) is 33.5 Å². The molecule has 2 N–H and O–H groups in total. The molecule has 3 aromatic heterocycles. The summed E-state index contributed by atoms with van der Waals surface area (Å²) in [6, 6.07) is 3.20. The van der Waals surface area contributed by atoms with Crippen LogP contribution in [0.15, 0.2) is 32.7 Å². The first-order valence-corrected chi connectivity index (χ1v) is 9.77. The molecule has 0 bridgehead atoms. The first-order valence-electron chi connectivity index (χ1n) is 8.89. The van der Waals surface area contributed by atoms with Crippen LogP contribution in [-0.2, 0) is 17.6 Å². The summed E-state index contributed by atoms with van der Waals surface area (Å²) in [5.74, 6) is 1.19. The highest BCUT2D eigenvalue weighted by molar-refractivity contribution is 7.14. The van der Waals surface area contributed by atoms with E-state index in [1.807, 2.05) is 13.8 Å². The minimum atomic E-state index is -0.378. The molecule has 0 radical (unpaired) electrons. The SMILES string of the molecule is CC(C)c1noc(CCCNC(=O)Cc2csc(NC(=O)c3ccco3)n2)n1. The van der Waals surface area contributed by atoms with Crippen LogP contribution in [0.4, 0.5) is 5.13 Å². The zero-order chi connectivity index (χ0) is 19.9. The number of amides is 2. The number of rotatable bonds is 9. The molecule has 9 nitrogen and oxygen atoms in total. The molecule has 0 spiro atoms. The number of hydrogen-bond acceptors (Lipinski definition) is 8. The van der Waals surface area contributed by atoms with Crippen molar-refractivity contribution in [2.75, 3.05) is 11.9 Å². The van der Waals surface area contributed by atoms with Gasteiger partial charge in [-0.15, -0.1) is 11.3 Å². The molecule has 0 aliphatic heterocycles. The summed E-state index contributed by atoms with van der Waals surface area (Å²) in [4.78, 5) is 32.5. The smallest absolute Gasteiger partial charge is 0.293 e. The van der Waals surface area contributed by atoms with Gasteiger partial charge in [-0.3, -0.25) is 14.9 Å². The van der Waals surface area contributed by atoms with Crippen molar-refractivity contribution in [2.24, 2.45) is 0 Å². The fourth-order valence-corrected chi connectivity index (χ4v) is 3.02. The lowest BCUT2D eigenvalue weighted by Crippen LogP contribution is -2.26. The summed E-state index contributed by atoms with van der Waals surface area (Å²) in [6.45, 7) is 4.51. The molecular formula is C18H21N5O4S. The highest BCUT2D eigenvalue weighted by Crippen LogP contribution is 2.17. The quantitative estimate of drug-likeness (QED) is 0.527. The molecule has 3 aromatic rings. The van der Waals surface area contributed by atoms with Crippen LogP contribution in [0.5, 0.6) is 0 Å². The van der Waals surface area contributed by atoms with Crippen molar-refractivity contribution >= 4 is 28.3 Å². The van der Waals surface area contributed by atoms with E-state index in [2.05, 4.69) is 25.8 Å². The molecule has 0 fully saturated rings. The van der Waals surface area contributed by atoms with Gasteiger partial charge in [0.05, 0.1) is 18.4 Å². The van der Waals surface area contributed by atoms with Crippen LogP contribution in [0.25, 0.3) is 0 Å². The van der Waals surface area contributed by atoms with Crippen molar-refractivity contribution in [1.29, 1.82) is 0 Å². The summed E-state index contributed by atoms with van der Waals surface area (Å²) in [6.07, 6.45) is 2.88. The molecule has 148 valence electrons. The Morgan fingerprint density at radius 1 is 1.29 bits per heavy atom. The first kappa shape index (κ1) is 19.7. The molecule has 0 aliphatic rings. The average Bonchev–Trinajstić information content (AvgIpc) is 3.40. The second-order valence-electron chi connectivity index (χ2n) is 6.41. The van der Waals surface area contributed by atoms with Crippen molar-refractivity contribution in [3.05, 3.63) is 46.9 Å². The summed E-state index contributed by atoms with van der Waals surface area (Å²) < 4.78 is 10.2. The van der Waals surface area contributed by atoms with Crippen LogP contribution in [0.2, 0.25) is 0 Å². The molecule has 3 heterocycles. The van der Waals surface area contributed by atoms with Gasteiger partial charge in [0.1, 0.15) is 0 Å². The van der Waals surface area contributed by atoms with Gasteiger partial charge >= 0.3 is 0 Å². The van der Waals surface area contributed by atoms with Crippen LogP contribution in [0.1, 0.15) is 54.2 Å². The van der Waals surface area contributed by atoms with Gasteiger partial charge in [-0.25, -0.2) is 4.98 Å². The predicted molar refractivity (Wildman–Crippen MR) is 102 cm³/mol. The number of anilines is 1. The lowest BCUT2D eigenvalue weighted by molar-refractivity contribution is -0.120. The molecule has 2 amide bonds. The molecule has 0 aromatic carbocycles. The average molecular weight is 403 g/mol.